The minimum absolute atomic E-state index is 0. The summed E-state index contributed by atoms with van der Waals surface area (Å²) in [5, 5.41) is 0. The first-order valence-electron chi connectivity index (χ1n) is 0. The SMILES string of the molecule is F.F.F.P.P. The Hall–Kier alpha value is 0.650. The molecule has 0 aromatic heterocycles. The van der Waals surface area contributed by atoms with Gasteiger partial charge in [0.1, 0.15) is 0 Å². The second-order valence-electron chi connectivity index (χ2n) is 0. The van der Waals surface area contributed by atoms with Crippen molar-refractivity contribution in [3.63, 3.8) is 0 Å². The monoisotopic (exact) mass is 128 g/mol. The van der Waals surface area contributed by atoms with E-state index in [1.807, 2.05) is 0 Å². The summed E-state index contributed by atoms with van der Waals surface area (Å²) in [4.78, 5) is 0. The first kappa shape index (κ1) is 289. The predicted molar refractivity (Wildman–Crippen MR) is 29.7 cm³/mol. The maximum absolute atomic E-state index is 0. The van der Waals surface area contributed by atoms with Gasteiger partial charge in [0.15, 0.2) is 0 Å². The third-order valence-corrected chi connectivity index (χ3v) is 0. The maximum Gasteiger partial charge on any atom is -0.153 e. The molecule has 0 nitrogen and oxygen atoms in total. The maximum atomic E-state index is 0. The fourth-order valence-corrected chi connectivity index (χ4v) is 0. The van der Waals surface area contributed by atoms with Gasteiger partial charge in [-0.3, -0.25) is 14.1 Å². The van der Waals surface area contributed by atoms with E-state index in [0.717, 1.165) is 0 Å². The van der Waals surface area contributed by atoms with Crippen molar-refractivity contribution in [3.05, 3.63) is 0 Å². The van der Waals surface area contributed by atoms with Crippen molar-refractivity contribution in [2.45, 2.75) is 0 Å². The lowest BCUT2D eigenvalue weighted by molar-refractivity contribution is 1.11. The van der Waals surface area contributed by atoms with Crippen LogP contribution in [0.4, 0.5) is 14.1 Å². The lowest BCUT2D eigenvalue weighted by atomic mass is 19.0. The van der Waals surface area contributed by atoms with Crippen molar-refractivity contribution >= 4 is 19.8 Å². The summed E-state index contributed by atoms with van der Waals surface area (Å²) in [5.41, 5.74) is 0. The first-order valence-corrected chi connectivity index (χ1v) is 0. The number of rotatable bonds is 0. The van der Waals surface area contributed by atoms with Gasteiger partial charge in [-0.25, -0.2) is 0 Å². The zero-order valence-corrected chi connectivity index (χ0v) is 5.47. The van der Waals surface area contributed by atoms with E-state index in [1.165, 1.54) is 0 Å². The van der Waals surface area contributed by atoms with Crippen LogP contribution in [0.1, 0.15) is 0 Å². The molecule has 40 valence electrons. The normalized spacial score (nSPS) is 0. The fraction of sp³-hybridized carbons (Fsp3) is 0. The Bertz CT molecular complexity index is 4.85. The lowest BCUT2D eigenvalue weighted by Gasteiger charge is -0.270. The first-order chi connectivity index (χ1) is 0. The van der Waals surface area contributed by atoms with E-state index in [2.05, 4.69) is 0 Å². The van der Waals surface area contributed by atoms with Crippen molar-refractivity contribution in [1.82, 2.24) is 0 Å². The van der Waals surface area contributed by atoms with E-state index in [-0.39, 0.29) is 33.9 Å². The molecule has 2 atom stereocenters. The van der Waals surface area contributed by atoms with Crippen LogP contribution in [0, 0.1) is 0 Å². The molecule has 5 heavy (non-hydrogen) atoms. The molecule has 0 saturated carbocycles. The van der Waals surface area contributed by atoms with E-state index in [1.54, 1.807) is 0 Å². The molecule has 0 heterocycles. The highest BCUT2D eigenvalue weighted by Crippen LogP contribution is 0.862. The number of hydrogen-bond acceptors (Lipinski definition) is 0. The molecular formula is H9F3P2. The predicted octanol–water partition coefficient (Wildman–Crippen LogP) is 0.574. The van der Waals surface area contributed by atoms with Crippen molar-refractivity contribution in [2.24, 2.45) is 0 Å². The minimum Gasteiger partial charge on any atom is -0.269 e. The van der Waals surface area contributed by atoms with Gasteiger partial charge in [-0.15, -0.1) is 0 Å². The smallest absolute Gasteiger partial charge is 0.153 e. The van der Waals surface area contributed by atoms with Gasteiger partial charge >= 0.3 is 0 Å². The summed E-state index contributed by atoms with van der Waals surface area (Å²) >= 11 is 0. The average Bonchev–Trinajstić information content (AvgIpc) is 0. The molecule has 0 fully saturated rings. The Balaban J connectivity index is 0. The van der Waals surface area contributed by atoms with Crippen molar-refractivity contribution in [1.29, 1.82) is 0 Å². The standard InChI is InChI=1S/3FH.2H3P/h3*1H;2*1H3. The van der Waals surface area contributed by atoms with Crippen molar-refractivity contribution in [2.75, 3.05) is 0 Å². The Labute approximate surface area is 35.1 Å². The topological polar surface area (TPSA) is 0 Å². The second-order valence-corrected chi connectivity index (χ2v) is 0. The van der Waals surface area contributed by atoms with Crippen LogP contribution in [0.25, 0.3) is 0 Å². The van der Waals surface area contributed by atoms with Crippen LogP contribution < -0.4 is 0 Å². The molecular weight excluding hydrogens is 119 g/mol. The molecule has 2 unspecified atom stereocenters. The van der Waals surface area contributed by atoms with Crippen LogP contribution in [0.15, 0.2) is 0 Å². The van der Waals surface area contributed by atoms with E-state index in [0.29, 0.717) is 0 Å². The molecule has 0 aliphatic rings. The Morgan fingerprint density at radius 1 is 0.400 bits per heavy atom. The van der Waals surface area contributed by atoms with E-state index < -0.39 is 0 Å². The largest absolute Gasteiger partial charge is 0.269 e. The van der Waals surface area contributed by atoms with Gasteiger partial charge in [0.05, 0.1) is 0 Å². The summed E-state index contributed by atoms with van der Waals surface area (Å²) in [7, 11) is 0. The number of halogens is 3. The summed E-state index contributed by atoms with van der Waals surface area (Å²) in [6, 6.07) is 0. The molecule has 0 rings (SSSR count). The summed E-state index contributed by atoms with van der Waals surface area (Å²) < 4.78 is 0. The molecule has 0 spiro atoms. The Morgan fingerprint density at radius 2 is 0.400 bits per heavy atom. The van der Waals surface area contributed by atoms with Crippen molar-refractivity contribution in [3.8, 4) is 0 Å². The van der Waals surface area contributed by atoms with Crippen LogP contribution in [0.2, 0.25) is 0 Å². The quantitative estimate of drug-likeness (QED) is 0.418. The fourth-order valence-electron chi connectivity index (χ4n) is 0. The molecule has 0 saturated heterocycles. The lowest BCUT2D eigenvalue weighted by Crippen LogP contribution is 0.419. The average molecular weight is 128 g/mol. The van der Waals surface area contributed by atoms with Crippen LogP contribution in [0.3, 0.4) is 0 Å². The zero-order chi connectivity index (χ0) is 0. The Kier molecular flexibility index (Phi) is 8480. The van der Waals surface area contributed by atoms with Gasteiger partial charge in [0.2, 0.25) is 0 Å². The molecule has 0 N–H and O–H groups in total. The third kappa shape index (κ3) is 77.3. The molecule has 0 aromatic rings. The van der Waals surface area contributed by atoms with Gasteiger partial charge in [-0.05, 0) is 0 Å². The molecule has 0 aliphatic carbocycles. The Morgan fingerprint density at radius 3 is 0.400 bits per heavy atom. The van der Waals surface area contributed by atoms with Gasteiger partial charge in [0, 0.05) is 0 Å². The highest BCUT2D eigenvalue weighted by molar-refractivity contribution is 6.92. The second kappa shape index (κ2) is 147. The van der Waals surface area contributed by atoms with Gasteiger partial charge in [0.25, 0.3) is 0 Å². The van der Waals surface area contributed by atoms with E-state index in [9.17, 15) is 0 Å². The minimum atomic E-state index is 0. The number of hydrogen-bond donors (Lipinski definition) is 0. The summed E-state index contributed by atoms with van der Waals surface area (Å²) in [6.07, 6.45) is 0. The van der Waals surface area contributed by atoms with Crippen LogP contribution in [0.5, 0.6) is 0 Å². The van der Waals surface area contributed by atoms with Crippen LogP contribution in [-0.4, -0.2) is 0 Å². The molecule has 0 radical (unpaired) electrons. The van der Waals surface area contributed by atoms with Gasteiger partial charge in [-0.2, -0.15) is 19.8 Å². The van der Waals surface area contributed by atoms with E-state index >= 15 is 0 Å². The van der Waals surface area contributed by atoms with Gasteiger partial charge < -0.3 is 0 Å². The third-order valence-electron chi connectivity index (χ3n) is 0. The molecule has 0 aromatic carbocycles. The van der Waals surface area contributed by atoms with Crippen molar-refractivity contribution < 1.29 is 14.1 Å². The van der Waals surface area contributed by atoms with Gasteiger partial charge in [-0.1, -0.05) is 0 Å². The van der Waals surface area contributed by atoms with Crippen LogP contribution >= 0.6 is 19.8 Å². The molecule has 0 amide bonds. The van der Waals surface area contributed by atoms with E-state index in [4.69, 9.17) is 0 Å². The molecule has 5 heteroatoms. The van der Waals surface area contributed by atoms with Crippen LogP contribution in [-0.2, 0) is 0 Å². The molecule has 0 aliphatic heterocycles. The summed E-state index contributed by atoms with van der Waals surface area (Å²) in [6.45, 7) is 0. The summed E-state index contributed by atoms with van der Waals surface area (Å²) in [5.74, 6) is 0. The highest BCUT2D eigenvalue weighted by atomic mass is 31.0. The molecule has 0 bridgehead atoms. The highest BCUT2D eigenvalue weighted by Gasteiger charge is -0.152. The zero-order valence-electron chi connectivity index (χ0n) is 2.64.